The summed E-state index contributed by atoms with van der Waals surface area (Å²) in [7, 11) is 0. The first-order chi connectivity index (χ1) is 9.77. The van der Waals surface area contributed by atoms with Crippen molar-refractivity contribution in [2.24, 2.45) is 0 Å². The SMILES string of the molecule is CC(C)(C)OC(=O)N1CCCC(O)(Cc2ccccc2)C1. The Balaban J connectivity index is 2.01. The number of hydrogen-bond acceptors (Lipinski definition) is 3. The van der Waals surface area contributed by atoms with Gasteiger partial charge in [-0.2, -0.15) is 0 Å². The van der Waals surface area contributed by atoms with Gasteiger partial charge in [-0.1, -0.05) is 30.3 Å². The summed E-state index contributed by atoms with van der Waals surface area (Å²) in [5, 5.41) is 10.8. The van der Waals surface area contributed by atoms with Crippen molar-refractivity contribution in [2.45, 2.75) is 51.2 Å². The van der Waals surface area contributed by atoms with Crippen molar-refractivity contribution < 1.29 is 14.6 Å². The number of carbonyl (C=O) groups excluding carboxylic acids is 1. The van der Waals surface area contributed by atoms with E-state index in [1.165, 1.54) is 0 Å². The maximum Gasteiger partial charge on any atom is 0.410 e. The van der Waals surface area contributed by atoms with Gasteiger partial charge in [-0.25, -0.2) is 4.79 Å². The number of likely N-dealkylation sites (tertiary alicyclic amines) is 1. The Bertz CT molecular complexity index is 481. The maximum absolute atomic E-state index is 12.1. The number of benzene rings is 1. The van der Waals surface area contributed by atoms with Crippen LogP contribution < -0.4 is 0 Å². The summed E-state index contributed by atoms with van der Waals surface area (Å²) in [6, 6.07) is 9.90. The number of ether oxygens (including phenoxy) is 1. The highest BCUT2D eigenvalue weighted by atomic mass is 16.6. The van der Waals surface area contributed by atoms with Crippen LogP contribution in [-0.4, -0.2) is 40.4 Å². The van der Waals surface area contributed by atoms with Gasteiger partial charge in [0, 0.05) is 13.0 Å². The summed E-state index contributed by atoms with van der Waals surface area (Å²) in [5.41, 5.74) is -0.284. The monoisotopic (exact) mass is 291 g/mol. The quantitative estimate of drug-likeness (QED) is 0.911. The fraction of sp³-hybridized carbons (Fsp3) is 0.588. The molecular formula is C17H25NO3. The molecule has 4 nitrogen and oxygen atoms in total. The molecule has 2 rings (SSSR count). The highest BCUT2D eigenvalue weighted by Gasteiger charge is 2.36. The molecule has 1 fully saturated rings. The third-order valence-electron chi connectivity index (χ3n) is 3.58. The van der Waals surface area contributed by atoms with Crippen LogP contribution in [0.5, 0.6) is 0 Å². The number of piperidine rings is 1. The van der Waals surface area contributed by atoms with Gasteiger partial charge in [0.2, 0.25) is 0 Å². The average molecular weight is 291 g/mol. The van der Waals surface area contributed by atoms with Gasteiger partial charge < -0.3 is 14.7 Å². The standard InChI is InChI=1S/C17H25NO3/c1-16(2,3)21-15(19)18-11-7-10-17(20,13-18)12-14-8-5-4-6-9-14/h4-6,8-9,20H,7,10-13H2,1-3H3. The smallest absolute Gasteiger partial charge is 0.410 e. The zero-order valence-electron chi connectivity index (χ0n) is 13.1. The molecule has 1 aromatic carbocycles. The Morgan fingerprint density at radius 2 is 2.00 bits per heavy atom. The van der Waals surface area contributed by atoms with Gasteiger partial charge in [0.1, 0.15) is 5.60 Å². The van der Waals surface area contributed by atoms with Crippen LogP contribution in [0.15, 0.2) is 30.3 Å². The first-order valence-corrected chi connectivity index (χ1v) is 7.52. The minimum atomic E-state index is -0.865. The van der Waals surface area contributed by atoms with Crippen LogP contribution in [-0.2, 0) is 11.2 Å². The van der Waals surface area contributed by atoms with Gasteiger partial charge in [-0.15, -0.1) is 0 Å². The molecule has 1 aliphatic heterocycles. The van der Waals surface area contributed by atoms with Gasteiger partial charge in [0.05, 0.1) is 12.1 Å². The van der Waals surface area contributed by atoms with Gasteiger partial charge in [0.15, 0.2) is 0 Å². The van der Waals surface area contributed by atoms with Crippen molar-refractivity contribution in [1.82, 2.24) is 4.90 Å². The Hall–Kier alpha value is -1.55. The molecule has 0 saturated carbocycles. The topological polar surface area (TPSA) is 49.8 Å². The van der Waals surface area contributed by atoms with E-state index in [2.05, 4.69) is 0 Å². The van der Waals surface area contributed by atoms with E-state index in [4.69, 9.17) is 4.74 Å². The van der Waals surface area contributed by atoms with E-state index >= 15 is 0 Å². The second-order valence-electron chi connectivity index (χ2n) is 6.89. The van der Waals surface area contributed by atoms with E-state index in [-0.39, 0.29) is 6.09 Å². The molecule has 21 heavy (non-hydrogen) atoms. The zero-order valence-corrected chi connectivity index (χ0v) is 13.1. The number of β-amino-alcohol motifs (C(OH)–C–C–N with tert-alkyl or cyclic N) is 1. The van der Waals surface area contributed by atoms with Gasteiger partial charge in [0.25, 0.3) is 0 Å². The summed E-state index contributed by atoms with van der Waals surface area (Å²) in [6.45, 7) is 6.53. The summed E-state index contributed by atoms with van der Waals surface area (Å²) in [4.78, 5) is 13.8. The van der Waals surface area contributed by atoms with Crippen molar-refractivity contribution in [3.63, 3.8) is 0 Å². The molecule has 1 N–H and O–H groups in total. The van der Waals surface area contributed by atoms with Gasteiger partial charge in [-0.05, 0) is 39.2 Å². The van der Waals surface area contributed by atoms with E-state index in [0.717, 1.165) is 12.0 Å². The second-order valence-corrected chi connectivity index (χ2v) is 6.89. The van der Waals surface area contributed by atoms with E-state index in [0.29, 0.717) is 25.9 Å². The van der Waals surface area contributed by atoms with Crippen molar-refractivity contribution in [3.05, 3.63) is 35.9 Å². The number of hydrogen-bond donors (Lipinski definition) is 1. The number of amides is 1. The maximum atomic E-state index is 12.1. The molecular weight excluding hydrogens is 266 g/mol. The molecule has 0 spiro atoms. The molecule has 1 heterocycles. The number of carbonyl (C=O) groups is 1. The molecule has 1 aliphatic rings. The Kier molecular flexibility index (Phi) is 4.57. The molecule has 1 aromatic rings. The van der Waals surface area contributed by atoms with Crippen molar-refractivity contribution in [2.75, 3.05) is 13.1 Å². The lowest BCUT2D eigenvalue weighted by molar-refractivity contribution is -0.0425. The van der Waals surface area contributed by atoms with E-state index in [9.17, 15) is 9.90 Å². The predicted octanol–water partition coefficient (Wildman–Crippen LogP) is 2.99. The Morgan fingerprint density at radius 1 is 1.33 bits per heavy atom. The summed E-state index contributed by atoms with van der Waals surface area (Å²) in [5.74, 6) is 0. The molecule has 4 heteroatoms. The predicted molar refractivity (Wildman–Crippen MR) is 82.1 cm³/mol. The fourth-order valence-electron chi connectivity index (χ4n) is 2.71. The van der Waals surface area contributed by atoms with E-state index in [1.54, 1.807) is 4.90 Å². The lowest BCUT2D eigenvalue weighted by atomic mass is 9.87. The Labute approximate surface area is 126 Å². The highest BCUT2D eigenvalue weighted by molar-refractivity contribution is 5.68. The fourth-order valence-corrected chi connectivity index (χ4v) is 2.71. The molecule has 0 aromatic heterocycles. The molecule has 116 valence electrons. The molecule has 0 aliphatic carbocycles. The zero-order chi connectivity index (χ0) is 15.5. The first kappa shape index (κ1) is 15.8. The third kappa shape index (κ3) is 4.74. The Morgan fingerprint density at radius 3 is 2.62 bits per heavy atom. The van der Waals surface area contributed by atoms with Crippen molar-refractivity contribution in [1.29, 1.82) is 0 Å². The largest absolute Gasteiger partial charge is 0.444 e. The molecule has 0 radical (unpaired) electrons. The lowest BCUT2D eigenvalue weighted by Crippen LogP contribution is -2.52. The minimum Gasteiger partial charge on any atom is -0.444 e. The lowest BCUT2D eigenvalue weighted by Gasteiger charge is -2.39. The van der Waals surface area contributed by atoms with Crippen molar-refractivity contribution >= 4 is 6.09 Å². The minimum absolute atomic E-state index is 0.330. The molecule has 1 atom stereocenters. The number of aliphatic hydroxyl groups is 1. The summed E-state index contributed by atoms with van der Waals surface area (Å²) >= 11 is 0. The van der Waals surface area contributed by atoms with Gasteiger partial charge >= 0.3 is 6.09 Å². The molecule has 1 unspecified atom stereocenters. The van der Waals surface area contributed by atoms with Crippen molar-refractivity contribution in [3.8, 4) is 0 Å². The van der Waals surface area contributed by atoms with Crippen LogP contribution in [0, 0.1) is 0 Å². The molecule has 0 bridgehead atoms. The van der Waals surface area contributed by atoms with Crippen LogP contribution in [0.1, 0.15) is 39.2 Å². The highest BCUT2D eigenvalue weighted by Crippen LogP contribution is 2.26. The summed E-state index contributed by atoms with van der Waals surface area (Å²) in [6.07, 6.45) is 1.73. The van der Waals surface area contributed by atoms with Crippen LogP contribution in [0.3, 0.4) is 0 Å². The first-order valence-electron chi connectivity index (χ1n) is 7.52. The number of rotatable bonds is 2. The van der Waals surface area contributed by atoms with Crippen LogP contribution in [0.25, 0.3) is 0 Å². The van der Waals surface area contributed by atoms with Crippen LogP contribution in [0.2, 0.25) is 0 Å². The van der Waals surface area contributed by atoms with Crippen LogP contribution >= 0.6 is 0 Å². The van der Waals surface area contributed by atoms with Crippen LogP contribution in [0.4, 0.5) is 4.79 Å². The van der Waals surface area contributed by atoms with Gasteiger partial charge in [-0.3, -0.25) is 0 Å². The third-order valence-corrected chi connectivity index (χ3v) is 3.58. The summed E-state index contributed by atoms with van der Waals surface area (Å²) < 4.78 is 5.40. The number of nitrogens with zero attached hydrogens (tertiary/aromatic N) is 1. The van der Waals surface area contributed by atoms with E-state index < -0.39 is 11.2 Å². The second kappa shape index (κ2) is 6.06. The molecule has 1 amide bonds. The average Bonchev–Trinajstić information content (AvgIpc) is 2.37. The normalized spacial score (nSPS) is 23.0. The van der Waals surface area contributed by atoms with E-state index in [1.807, 2.05) is 51.1 Å². The molecule has 1 saturated heterocycles.